The van der Waals surface area contributed by atoms with Crippen LogP contribution in [0.4, 0.5) is 4.39 Å². The molecule has 0 amide bonds. The van der Waals surface area contributed by atoms with E-state index in [9.17, 15) is 4.39 Å². The fraction of sp³-hybridized carbons (Fsp3) is 0.154. The van der Waals surface area contributed by atoms with E-state index in [2.05, 4.69) is 4.98 Å². The lowest BCUT2D eigenvalue weighted by Crippen LogP contribution is -1.93. The molecule has 2 rings (SSSR count). The second-order valence-electron chi connectivity index (χ2n) is 3.55. The van der Waals surface area contributed by atoms with Crippen molar-refractivity contribution < 1.29 is 14.2 Å². The highest BCUT2D eigenvalue weighted by atomic mass is 19.1. The zero-order valence-corrected chi connectivity index (χ0v) is 9.35. The minimum atomic E-state index is -0.357. The van der Waals surface area contributed by atoms with E-state index in [0.717, 1.165) is 5.56 Å². The number of halogens is 1. The summed E-state index contributed by atoms with van der Waals surface area (Å²) < 4.78 is 18.2. The fourth-order valence-electron chi connectivity index (χ4n) is 1.60. The summed E-state index contributed by atoms with van der Waals surface area (Å²) >= 11 is 0. The molecule has 0 saturated heterocycles. The van der Waals surface area contributed by atoms with Gasteiger partial charge in [0.1, 0.15) is 11.6 Å². The number of ether oxygens (including phenoxy) is 1. The standard InChI is InChI=1S/C13H12FNO2/c1-17-13-7-10(14)2-3-11(13)12-6-9(8-16)4-5-15-12/h2-7,16H,8H2,1H3. The Bertz CT molecular complexity index is 529. The number of rotatable bonds is 3. The highest BCUT2D eigenvalue weighted by molar-refractivity contribution is 5.67. The zero-order valence-electron chi connectivity index (χ0n) is 9.35. The Balaban J connectivity index is 2.51. The predicted octanol–water partition coefficient (Wildman–Crippen LogP) is 2.39. The Morgan fingerprint density at radius 1 is 1.29 bits per heavy atom. The molecule has 0 saturated carbocycles. The maximum atomic E-state index is 13.1. The van der Waals surface area contributed by atoms with E-state index in [1.54, 1.807) is 24.4 Å². The lowest BCUT2D eigenvalue weighted by Gasteiger charge is -2.08. The lowest BCUT2D eigenvalue weighted by molar-refractivity contribution is 0.282. The van der Waals surface area contributed by atoms with Crippen LogP contribution in [0, 0.1) is 5.82 Å². The molecule has 0 aliphatic carbocycles. The Kier molecular flexibility index (Phi) is 3.35. The number of pyridine rings is 1. The lowest BCUT2D eigenvalue weighted by atomic mass is 10.1. The van der Waals surface area contributed by atoms with Crippen LogP contribution in [-0.2, 0) is 6.61 Å². The van der Waals surface area contributed by atoms with Gasteiger partial charge in [-0.05, 0) is 29.8 Å². The Labute approximate surface area is 98.5 Å². The van der Waals surface area contributed by atoms with Gasteiger partial charge < -0.3 is 9.84 Å². The van der Waals surface area contributed by atoms with E-state index in [0.29, 0.717) is 17.0 Å². The molecule has 17 heavy (non-hydrogen) atoms. The molecule has 0 spiro atoms. The minimum absolute atomic E-state index is 0.0565. The van der Waals surface area contributed by atoms with Crippen molar-refractivity contribution in [2.75, 3.05) is 7.11 Å². The normalized spacial score (nSPS) is 10.3. The Morgan fingerprint density at radius 3 is 2.82 bits per heavy atom. The maximum absolute atomic E-state index is 13.1. The van der Waals surface area contributed by atoms with Gasteiger partial charge in [0.2, 0.25) is 0 Å². The van der Waals surface area contributed by atoms with Crippen molar-refractivity contribution in [2.45, 2.75) is 6.61 Å². The molecule has 0 aliphatic rings. The summed E-state index contributed by atoms with van der Waals surface area (Å²) in [5.41, 5.74) is 2.10. The summed E-state index contributed by atoms with van der Waals surface area (Å²) in [7, 11) is 1.48. The van der Waals surface area contributed by atoms with E-state index in [4.69, 9.17) is 9.84 Å². The molecular weight excluding hydrogens is 221 g/mol. The van der Waals surface area contributed by atoms with Gasteiger partial charge in [-0.3, -0.25) is 4.98 Å². The van der Waals surface area contributed by atoms with E-state index in [-0.39, 0.29) is 12.4 Å². The summed E-state index contributed by atoms with van der Waals surface area (Å²) in [5, 5.41) is 9.06. The van der Waals surface area contributed by atoms with Gasteiger partial charge in [0, 0.05) is 17.8 Å². The molecule has 3 nitrogen and oxygen atoms in total. The van der Waals surface area contributed by atoms with Gasteiger partial charge in [-0.2, -0.15) is 0 Å². The van der Waals surface area contributed by atoms with Crippen LogP contribution in [0.1, 0.15) is 5.56 Å². The third kappa shape index (κ3) is 2.42. The second-order valence-corrected chi connectivity index (χ2v) is 3.55. The number of aliphatic hydroxyl groups is 1. The predicted molar refractivity (Wildman–Crippen MR) is 62.1 cm³/mol. The minimum Gasteiger partial charge on any atom is -0.496 e. The maximum Gasteiger partial charge on any atom is 0.131 e. The molecule has 1 aromatic carbocycles. The quantitative estimate of drug-likeness (QED) is 0.885. The monoisotopic (exact) mass is 233 g/mol. The molecule has 1 aromatic heterocycles. The van der Waals surface area contributed by atoms with Crippen molar-refractivity contribution in [3.63, 3.8) is 0 Å². The number of aliphatic hydroxyl groups excluding tert-OH is 1. The van der Waals surface area contributed by atoms with E-state index in [1.165, 1.54) is 19.2 Å². The summed E-state index contributed by atoms with van der Waals surface area (Å²) in [6.45, 7) is -0.0565. The molecule has 0 unspecified atom stereocenters. The number of methoxy groups -OCH3 is 1. The molecule has 4 heteroatoms. The van der Waals surface area contributed by atoms with Crippen molar-refractivity contribution in [3.8, 4) is 17.0 Å². The molecule has 0 bridgehead atoms. The van der Waals surface area contributed by atoms with Crippen LogP contribution >= 0.6 is 0 Å². The number of hydrogen-bond acceptors (Lipinski definition) is 3. The fourth-order valence-corrected chi connectivity index (χ4v) is 1.60. The average Bonchev–Trinajstić information content (AvgIpc) is 2.38. The van der Waals surface area contributed by atoms with Crippen LogP contribution < -0.4 is 4.74 Å². The van der Waals surface area contributed by atoms with Crippen molar-refractivity contribution in [1.82, 2.24) is 4.98 Å². The first kappa shape index (κ1) is 11.5. The summed E-state index contributed by atoms with van der Waals surface area (Å²) in [5.74, 6) is 0.0662. The van der Waals surface area contributed by atoms with Crippen molar-refractivity contribution in [2.24, 2.45) is 0 Å². The largest absolute Gasteiger partial charge is 0.496 e. The molecule has 1 heterocycles. The van der Waals surface area contributed by atoms with Gasteiger partial charge in [0.25, 0.3) is 0 Å². The molecule has 0 aliphatic heterocycles. The molecule has 1 N–H and O–H groups in total. The van der Waals surface area contributed by atoms with Crippen LogP contribution in [0.5, 0.6) is 5.75 Å². The van der Waals surface area contributed by atoms with Gasteiger partial charge in [0.05, 0.1) is 19.4 Å². The van der Waals surface area contributed by atoms with Gasteiger partial charge in [0.15, 0.2) is 0 Å². The summed E-state index contributed by atoms with van der Waals surface area (Å²) in [4.78, 5) is 4.18. The Morgan fingerprint density at radius 2 is 2.12 bits per heavy atom. The van der Waals surface area contributed by atoms with E-state index < -0.39 is 0 Å². The first-order valence-electron chi connectivity index (χ1n) is 5.14. The van der Waals surface area contributed by atoms with Crippen LogP contribution in [0.2, 0.25) is 0 Å². The molecule has 2 aromatic rings. The van der Waals surface area contributed by atoms with Crippen LogP contribution in [0.3, 0.4) is 0 Å². The van der Waals surface area contributed by atoms with Crippen molar-refractivity contribution in [3.05, 3.63) is 47.9 Å². The second kappa shape index (κ2) is 4.93. The first-order valence-corrected chi connectivity index (χ1v) is 5.14. The topological polar surface area (TPSA) is 42.4 Å². The Hall–Kier alpha value is -1.94. The molecule has 0 radical (unpaired) electrons. The first-order chi connectivity index (χ1) is 8.24. The number of aromatic nitrogens is 1. The van der Waals surface area contributed by atoms with Crippen molar-refractivity contribution in [1.29, 1.82) is 0 Å². The summed E-state index contributed by atoms with van der Waals surface area (Å²) in [6, 6.07) is 7.74. The molecular formula is C13H12FNO2. The highest BCUT2D eigenvalue weighted by Gasteiger charge is 2.08. The third-order valence-corrected chi connectivity index (χ3v) is 2.45. The van der Waals surface area contributed by atoms with Gasteiger partial charge in [-0.25, -0.2) is 4.39 Å². The van der Waals surface area contributed by atoms with Crippen LogP contribution in [-0.4, -0.2) is 17.2 Å². The average molecular weight is 233 g/mol. The van der Waals surface area contributed by atoms with Crippen molar-refractivity contribution >= 4 is 0 Å². The summed E-state index contributed by atoms with van der Waals surface area (Å²) in [6.07, 6.45) is 1.60. The highest BCUT2D eigenvalue weighted by Crippen LogP contribution is 2.29. The van der Waals surface area contributed by atoms with Crippen LogP contribution in [0.15, 0.2) is 36.5 Å². The molecule has 88 valence electrons. The van der Waals surface area contributed by atoms with Gasteiger partial charge in [-0.15, -0.1) is 0 Å². The SMILES string of the molecule is COc1cc(F)ccc1-c1cc(CO)ccn1. The number of benzene rings is 1. The number of hydrogen-bond donors (Lipinski definition) is 1. The van der Waals surface area contributed by atoms with E-state index in [1.807, 2.05) is 0 Å². The molecule has 0 fully saturated rings. The van der Waals surface area contributed by atoms with Gasteiger partial charge >= 0.3 is 0 Å². The third-order valence-electron chi connectivity index (χ3n) is 2.45. The zero-order chi connectivity index (χ0) is 12.3. The van der Waals surface area contributed by atoms with E-state index >= 15 is 0 Å². The van der Waals surface area contributed by atoms with Crippen LogP contribution in [0.25, 0.3) is 11.3 Å². The molecule has 0 atom stereocenters. The smallest absolute Gasteiger partial charge is 0.131 e. The van der Waals surface area contributed by atoms with Gasteiger partial charge in [-0.1, -0.05) is 0 Å². The number of nitrogens with zero attached hydrogens (tertiary/aromatic N) is 1.